The van der Waals surface area contributed by atoms with Crippen molar-refractivity contribution in [3.63, 3.8) is 0 Å². The third-order valence-corrected chi connectivity index (χ3v) is 13.1. The number of anilines is 1. The molecule has 12 heteroatoms. The molecule has 1 fully saturated rings. The molecule has 0 saturated heterocycles. The fraction of sp³-hybridized carbons (Fsp3) is 0.396. The number of nitrogens with one attached hydrogen (secondary N) is 1. The van der Waals surface area contributed by atoms with Gasteiger partial charge in [-0.3, -0.25) is 9.59 Å². The van der Waals surface area contributed by atoms with Crippen molar-refractivity contribution >= 4 is 29.7 Å². The monoisotopic (exact) mass is 879 g/mol. The number of hydrogen-bond donors (Lipinski definition) is 1. The molecule has 65 heavy (non-hydrogen) atoms. The number of benzene rings is 4. The van der Waals surface area contributed by atoms with E-state index in [1.165, 1.54) is 5.56 Å². The number of amides is 4. The Bertz CT molecular complexity index is 2550. The highest BCUT2D eigenvalue weighted by molar-refractivity contribution is 6.08. The quantitative estimate of drug-likeness (QED) is 0.157. The Kier molecular flexibility index (Phi) is 13.1. The highest BCUT2D eigenvalue weighted by Gasteiger charge is 2.34. The maximum absolute atomic E-state index is 15.0. The minimum absolute atomic E-state index is 0.0329. The summed E-state index contributed by atoms with van der Waals surface area (Å²) in [6.45, 7) is 11.2. The van der Waals surface area contributed by atoms with E-state index in [4.69, 9.17) is 14.2 Å². The Labute approximate surface area is 382 Å². The van der Waals surface area contributed by atoms with E-state index in [2.05, 4.69) is 30.4 Å². The minimum Gasteiger partial charge on any atom is -0.489 e. The normalized spacial score (nSPS) is 18.2. The first kappa shape index (κ1) is 45.0. The summed E-state index contributed by atoms with van der Waals surface area (Å²) >= 11 is 0. The first-order valence-electron chi connectivity index (χ1n) is 22.8. The summed E-state index contributed by atoms with van der Waals surface area (Å²) in [4.78, 5) is 60.7. The zero-order valence-corrected chi connectivity index (χ0v) is 38.7. The third kappa shape index (κ3) is 10.2. The molecule has 3 heterocycles. The van der Waals surface area contributed by atoms with E-state index in [9.17, 15) is 14.4 Å². The number of carbonyl (C=O) groups is 4. The van der Waals surface area contributed by atoms with Crippen molar-refractivity contribution in [2.45, 2.75) is 117 Å². The highest BCUT2D eigenvalue weighted by atomic mass is 16.6. The molecular weight excluding hydrogens is 819 g/mol. The van der Waals surface area contributed by atoms with Crippen LogP contribution in [0.25, 0.3) is 11.3 Å². The van der Waals surface area contributed by atoms with Gasteiger partial charge in [0.15, 0.2) is 0 Å². The zero-order chi connectivity index (χ0) is 46.0. The molecule has 4 amide bonds. The number of nitrogens with zero attached hydrogens (tertiary/aromatic N) is 4. The van der Waals surface area contributed by atoms with Gasteiger partial charge < -0.3 is 38.8 Å². The standard InChI is InChI=1S/C53H61N5O7/c1-34-27-37-15-11-12-16-39(37)32-58(34)50(60)47-29-40-31-57(52(62)64-44-21-17-41(18-22-44)54-51(61)65-53(3,4)5)26-25-38(40)28-46(47)48-30-45(35(2)55(48)6)49(59)56(7)42-19-23-43(24-20-42)63-33-36-13-9-8-10-14-36/h8-16,19-20,23-24,28-30,34,41,44H,17-18,21-22,25-27,31-33H2,1-7H3,(H,54,61)/t34-,41?,44?/m1/s1. The first-order chi connectivity index (χ1) is 31.1. The largest absolute Gasteiger partial charge is 0.489 e. The van der Waals surface area contributed by atoms with E-state index < -0.39 is 11.7 Å². The molecule has 1 N–H and O–H groups in total. The molecule has 1 atom stereocenters. The van der Waals surface area contributed by atoms with E-state index in [1.807, 2.05) is 123 Å². The SMILES string of the molecule is Cc1c(C(=O)N(C)c2ccc(OCc3ccccc3)cc2)cc(-c2cc3c(cc2C(=O)N2Cc4ccccc4C[C@H]2C)CN(C(=O)OC2CCC(NC(=O)OC(C)(C)C)CC2)CC3)n1C. The molecular formula is C53H61N5O7. The minimum atomic E-state index is -0.575. The maximum atomic E-state index is 15.0. The van der Waals surface area contributed by atoms with Crippen LogP contribution in [-0.4, -0.2) is 75.7 Å². The Balaban J connectivity index is 1.02. The molecule has 8 rings (SSSR count). The number of alkyl carbamates (subject to hydrolysis) is 1. The van der Waals surface area contributed by atoms with Crippen molar-refractivity contribution in [2.24, 2.45) is 7.05 Å². The van der Waals surface area contributed by atoms with Crippen LogP contribution in [0, 0.1) is 6.92 Å². The second-order valence-electron chi connectivity index (χ2n) is 18.8. The molecule has 12 nitrogen and oxygen atoms in total. The second kappa shape index (κ2) is 18.9. The molecule has 1 aromatic heterocycles. The van der Waals surface area contributed by atoms with Crippen molar-refractivity contribution in [3.8, 4) is 17.0 Å². The predicted octanol–water partition coefficient (Wildman–Crippen LogP) is 9.77. The number of fused-ring (bicyclic) bond motifs is 2. The van der Waals surface area contributed by atoms with Gasteiger partial charge >= 0.3 is 12.2 Å². The first-order valence-corrected chi connectivity index (χ1v) is 22.8. The lowest BCUT2D eigenvalue weighted by molar-refractivity contribution is 0.0311. The summed E-state index contributed by atoms with van der Waals surface area (Å²) in [6, 6.07) is 31.6. The van der Waals surface area contributed by atoms with Gasteiger partial charge in [-0.1, -0.05) is 54.6 Å². The topological polar surface area (TPSA) is 123 Å². The van der Waals surface area contributed by atoms with Crippen LogP contribution >= 0.6 is 0 Å². The number of ether oxygens (including phenoxy) is 3. The van der Waals surface area contributed by atoms with Gasteiger partial charge in [0.1, 0.15) is 24.1 Å². The summed E-state index contributed by atoms with van der Waals surface area (Å²) in [5.41, 5.74) is 8.89. The summed E-state index contributed by atoms with van der Waals surface area (Å²) < 4.78 is 19.5. The Hall–Kier alpha value is -6.56. The second-order valence-corrected chi connectivity index (χ2v) is 18.8. The highest BCUT2D eigenvalue weighted by Crippen LogP contribution is 2.36. The predicted molar refractivity (Wildman–Crippen MR) is 251 cm³/mol. The van der Waals surface area contributed by atoms with Crippen molar-refractivity contribution in [1.29, 1.82) is 0 Å². The average Bonchev–Trinajstić information content (AvgIpc) is 3.59. The maximum Gasteiger partial charge on any atom is 0.410 e. The lowest BCUT2D eigenvalue weighted by Crippen LogP contribution is -2.43. The van der Waals surface area contributed by atoms with E-state index in [0.717, 1.165) is 51.3 Å². The molecule has 0 bridgehead atoms. The van der Waals surface area contributed by atoms with Gasteiger partial charge in [-0.15, -0.1) is 0 Å². The summed E-state index contributed by atoms with van der Waals surface area (Å²) in [7, 11) is 3.70. The number of carbonyl (C=O) groups excluding carboxylic acids is 4. The van der Waals surface area contributed by atoms with Gasteiger partial charge in [-0.05, 0) is 143 Å². The fourth-order valence-corrected chi connectivity index (χ4v) is 9.25. The van der Waals surface area contributed by atoms with Gasteiger partial charge in [0.25, 0.3) is 11.8 Å². The molecule has 340 valence electrons. The Morgan fingerprint density at radius 1 is 0.800 bits per heavy atom. The Morgan fingerprint density at radius 2 is 1.49 bits per heavy atom. The average molecular weight is 880 g/mol. The van der Waals surface area contributed by atoms with Gasteiger partial charge in [0.2, 0.25) is 0 Å². The summed E-state index contributed by atoms with van der Waals surface area (Å²) in [5, 5.41) is 2.95. The van der Waals surface area contributed by atoms with Crippen LogP contribution in [0.5, 0.6) is 5.75 Å². The van der Waals surface area contributed by atoms with Gasteiger partial charge in [0.05, 0.1) is 5.56 Å². The lowest BCUT2D eigenvalue weighted by Gasteiger charge is -2.36. The van der Waals surface area contributed by atoms with Crippen LogP contribution in [-0.2, 0) is 49.1 Å². The number of rotatable bonds is 9. The van der Waals surface area contributed by atoms with Crippen molar-refractivity contribution in [3.05, 3.63) is 142 Å². The third-order valence-electron chi connectivity index (χ3n) is 13.1. The van der Waals surface area contributed by atoms with Crippen LogP contribution < -0.4 is 15.0 Å². The van der Waals surface area contributed by atoms with Crippen molar-refractivity contribution in [1.82, 2.24) is 19.7 Å². The number of hydrogen-bond acceptors (Lipinski definition) is 7. The molecule has 0 radical (unpaired) electrons. The van der Waals surface area contributed by atoms with E-state index in [0.29, 0.717) is 75.2 Å². The zero-order valence-electron chi connectivity index (χ0n) is 38.7. The molecule has 4 aromatic carbocycles. The van der Waals surface area contributed by atoms with Gasteiger partial charge in [-0.25, -0.2) is 9.59 Å². The fourth-order valence-electron chi connectivity index (χ4n) is 9.25. The van der Waals surface area contributed by atoms with Crippen LogP contribution in [0.2, 0.25) is 0 Å². The molecule has 0 spiro atoms. The van der Waals surface area contributed by atoms with Crippen molar-refractivity contribution in [2.75, 3.05) is 18.5 Å². The number of aromatic nitrogens is 1. The van der Waals surface area contributed by atoms with E-state index >= 15 is 4.79 Å². The van der Waals surface area contributed by atoms with Crippen LogP contribution in [0.1, 0.15) is 108 Å². The molecule has 0 unspecified atom stereocenters. The van der Waals surface area contributed by atoms with E-state index in [1.54, 1.807) is 16.8 Å². The molecule has 5 aromatic rings. The molecule has 1 saturated carbocycles. The van der Waals surface area contributed by atoms with Crippen LogP contribution in [0.4, 0.5) is 15.3 Å². The molecule has 1 aliphatic carbocycles. The summed E-state index contributed by atoms with van der Waals surface area (Å²) in [6.07, 6.45) is 2.92. The Morgan fingerprint density at radius 3 is 2.20 bits per heavy atom. The molecule has 2 aliphatic heterocycles. The van der Waals surface area contributed by atoms with Crippen LogP contribution in [0.15, 0.2) is 97.1 Å². The van der Waals surface area contributed by atoms with Gasteiger partial charge in [0, 0.05) is 74.0 Å². The molecule has 3 aliphatic rings. The van der Waals surface area contributed by atoms with Crippen LogP contribution in [0.3, 0.4) is 0 Å². The van der Waals surface area contributed by atoms with Crippen molar-refractivity contribution < 1.29 is 33.4 Å². The summed E-state index contributed by atoms with van der Waals surface area (Å²) in [5.74, 6) is 0.442. The van der Waals surface area contributed by atoms with E-state index in [-0.39, 0.29) is 36.1 Å². The lowest BCUT2D eigenvalue weighted by atomic mass is 9.90. The smallest absolute Gasteiger partial charge is 0.410 e. The van der Waals surface area contributed by atoms with Gasteiger partial charge in [-0.2, -0.15) is 0 Å².